The summed E-state index contributed by atoms with van der Waals surface area (Å²) in [5.41, 5.74) is 2.31. The highest BCUT2D eigenvalue weighted by molar-refractivity contribution is 5.89. The van der Waals surface area contributed by atoms with Gasteiger partial charge in [0.2, 0.25) is 12.1 Å². The molecule has 2 aliphatic heterocycles. The molecule has 15 heteroatoms. The number of aromatic amines is 1. The van der Waals surface area contributed by atoms with Crippen LogP contribution in [0.3, 0.4) is 0 Å². The second kappa shape index (κ2) is 14.4. The number of H-pyrrole nitrogens is 1. The molecule has 0 aliphatic carbocycles. The molecule has 6 rings (SSSR count). The van der Waals surface area contributed by atoms with Crippen LogP contribution in [-0.2, 0) is 47.0 Å². The molecule has 4 aromatic rings. The van der Waals surface area contributed by atoms with Gasteiger partial charge in [0, 0.05) is 32.6 Å². The highest BCUT2D eigenvalue weighted by atomic mass is 16.8. The predicted octanol–water partition coefficient (Wildman–Crippen LogP) is 3.80. The normalized spacial score (nSPS) is 20.9. The Balaban J connectivity index is 1.19. The summed E-state index contributed by atoms with van der Waals surface area (Å²) in [5.74, 6) is 0.275. The smallest absolute Gasteiger partial charge is 0.426 e. The van der Waals surface area contributed by atoms with E-state index in [4.69, 9.17) is 33.4 Å². The van der Waals surface area contributed by atoms with Crippen molar-refractivity contribution in [3.63, 3.8) is 0 Å². The van der Waals surface area contributed by atoms with Crippen LogP contribution in [0.15, 0.2) is 48.5 Å². The maximum absolute atomic E-state index is 13.8. The maximum atomic E-state index is 13.8. The first-order valence-electron chi connectivity index (χ1n) is 16.2. The fraction of sp³-hybridized carbons (Fsp3) is 0.471. The maximum Gasteiger partial charge on any atom is 0.511 e. The van der Waals surface area contributed by atoms with Crippen molar-refractivity contribution >= 4 is 12.1 Å². The lowest BCUT2D eigenvalue weighted by Gasteiger charge is -2.21. The zero-order valence-corrected chi connectivity index (χ0v) is 28.0. The Bertz CT molecular complexity index is 1750. The first-order valence-corrected chi connectivity index (χ1v) is 16.2. The Hall–Kier alpha value is -4.70. The van der Waals surface area contributed by atoms with Crippen LogP contribution < -0.4 is 0 Å². The highest BCUT2D eigenvalue weighted by Crippen LogP contribution is 2.32. The number of methoxy groups -OCH3 is 1. The van der Waals surface area contributed by atoms with Gasteiger partial charge in [0.25, 0.3) is 0 Å². The van der Waals surface area contributed by atoms with E-state index >= 15 is 0 Å². The standard InChI is InChI=1S/C34H40N6O9/c1-6-9-26-35-30(34(3,4)43)27(32(41)47-19(2)48-33(42)49-25-18-46-28-24(44-5)17-45-29(25)28)40(26)16-20-12-14-21(15-13-20)22-10-7-8-11-23(22)31-36-38-39-37-31/h7-8,10-15,19,24-25,28-29,43H,6,9,16-18H2,1-5H3,(H,36,37,38,39)/t19?,24-,25-,28+,29+/m1/s1. The molecule has 15 nitrogen and oxygen atoms in total. The van der Waals surface area contributed by atoms with E-state index in [1.165, 1.54) is 6.92 Å². The Morgan fingerprint density at radius 2 is 1.73 bits per heavy atom. The van der Waals surface area contributed by atoms with Crippen molar-refractivity contribution in [2.45, 2.75) is 83.4 Å². The largest absolute Gasteiger partial charge is 0.511 e. The minimum atomic E-state index is -1.48. The fourth-order valence-electron chi connectivity index (χ4n) is 6.15. The molecule has 2 N–H and O–H groups in total. The number of carbonyl (C=O) groups excluding carboxylic acids is 2. The second-order valence-corrected chi connectivity index (χ2v) is 12.5. The Labute approximate surface area is 282 Å². The first-order chi connectivity index (χ1) is 23.6. The monoisotopic (exact) mass is 676 g/mol. The average Bonchev–Trinajstić information content (AvgIpc) is 3.88. The summed E-state index contributed by atoms with van der Waals surface area (Å²) >= 11 is 0. The summed E-state index contributed by atoms with van der Waals surface area (Å²) in [4.78, 5) is 31.1. The van der Waals surface area contributed by atoms with Crippen LogP contribution >= 0.6 is 0 Å². The lowest BCUT2D eigenvalue weighted by atomic mass is 9.98. The molecule has 0 saturated carbocycles. The molecule has 5 atom stereocenters. The van der Waals surface area contributed by atoms with Crippen molar-refractivity contribution in [1.29, 1.82) is 0 Å². The van der Waals surface area contributed by atoms with Crippen molar-refractivity contribution < 1.29 is 43.1 Å². The minimum absolute atomic E-state index is 0.0586. The summed E-state index contributed by atoms with van der Waals surface area (Å²) < 4.78 is 34.8. The minimum Gasteiger partial charge on any atom is -0.426 e. The molecule has 49 heavy (non-hydrogen) atoms. The number of rotatable bonds is 12. The lowest BCUT2D eigenvalue weighted by Crippen LogP contribution is -2.35. The van der Waals surface area contributed by atoms with Crippen LogP contribution in [0.1, 0.15) is 61.7 Å². The van der Waals surface area contributed by atoms with E-state index in [0.29, 0.717) is 24.7 Å². The van der Waals surface area contributed by atoms with Crippen LogP contribution in [-0.4, -0.2) is 98.4 Å². The number of hydrogen-bond acceptors (Lipinski definition) is 13. The van der Waals surface area contributed by atoms with Crippen molar-refractivity contribution in [1.82, 2.24) is 30.2 Å². The van der Waals surface area contributed by atoms with E-state index in [1.807, 2.05) is 55.5 Å². The molecule has 0 bridgehead atoms. The summed E-state index contributed by atoms with van der Waals surface area (Å²) in [6, 6.07) is 15.6. The lowest BCUT2D eigenvalue weighted by molar-refractivity contribution is -0.0995. The van der Waals surface area contributed by atoms with E-state index < -0.39 is 36.2 Å². The Kier molecular flexibility index (Phi) is 10.1. The van der Waals surface area contributed by atoms with Crippen LogP contribution in [0.5, 0.6) is 0 Å². The number of imidazole rings is 1. The SMILES string of the molecule is CCCc1nc(C(C)(C)O)c(C(=O)OC(C)OC(=O)O[C@@H]2CO[C@@H]3[C@H]2OC[C@H]3OC)n1Cc1ccc(-c2ccccc2-c2nn[nH]n2)cc1. The molecule has 0 spiro atoms. The van der Waals surface area contributed by atoms with Crippen LogP contribution in [0.4, 0.5) is 4.79 Å². The molecule has 2 saturated heterocycles. The molecule has 2 aliphatic rings. The molecule has 1 unspecified atom stereocenters. The number of aliphatic hydroxyl groups is 1. The molecular weight excluding hydrogens is 636 g/mol. The number of aryl methyl sites for hydroxylation is 1. The number of fused-ring (bicyclic) bond motifs is 1. The van der Waals surface area contributed by atoms with E-state index in [1.54, 1.807) is 25.5 Å². The Morgan fingerprint density at radius 1 is 1.04 bits per heavy atom. The number of carbonyl (C=O) groups is 2. The van der Waals surface area contributed by atoms with E-state index in [9.17, 15) is 14.7 Å². The number of benzene rings is 2. The van der Waals surface area contributed by atoms with Crippen molar-refractivity contribution in [2.24, 2.45) is 0 Å². The highest BCUT2D eigenvalue weighted by Gasteiger charge is 2.50. The summed E-state index contributed by atoms with van der Waals surface area (Å²) in [7, 11) is 1.56. The van der Waals surface area contributed by atoms with Crippen molar-refractivity contribution in [3.8, 4) is 22.5 Å². The molecule has 4 heterocycles. The van der Waals surface area contributed by atoms with Gasteiger partial charge in [0.1, 0.15) is 35.4 Å². The predicted molar refractivity (Wildman–Crippen MR) is 172 cm³/mol. The molecule has 0 radical (unpaired) electrons. The van der Waals surface area contributed by atoms with E-state index in [0.717, 1.165) is 28.7 Å². The molecule has 260 valence electrons. The third-order valence-corrected chi connectivity index (χ3v) is 8.46. The first kappa shape index (κ1) is 34.2. The van der Waals surface area contributed by atoms with Crippen molar-refractivity contribution in [3.05, 3.63) is 71.3 Å². The molecule has 2 aromatic heterocycles. The number of esters is 1. The third-order valence-electron chi connectivity index (χ3n) is 8.46. The number of nitrogens with one attached hydrogen (secondary N) is 1. The van der Waals surface area contributed by atoms with E-state index in [-0.39, 0.29) is 36.7 Å². The Morgan fingerprint density at radius 3 is 2.39 bits per heavy atom. The number of aromatic nitrogens is 6. The van der Waals surface area contributed by atoms with Gasteiger partial charge in [-0.25, -0.2) is 14.6 Å². The van der Waals surface area contributed by atoms with Gasteiger partial charge in [-0.2, -0.15) is 5.21 Å². The molecule has 2 aromatic carbocycles. The van der Waals surface area contributed by atoms with Gasteiger partial charge in [0.05, 0.1) is 13.2 Å². The summed E-state index contributed by atoms with van der Waals surface area (Å²) in [6.07, 6.45) is -2.84. The topological polar surface area (TPSA) is 182 Å². The zero-order valence-electron chi connectivity index (χ0n) is 28.0. The van der Waals surface area contributed by atoms with Crippen LogP contribution in [0.25, 0.3) is 22.5 Å². The van der Waals surface area contributed by atoms with Gasteiger partial charge in [0.15, 0.2) is 11.8 Å². The number of hydrogen-bond donors (Lipinski definition) is 2. The average molecular weight is 677 g/mol. The van der Waals surface area contributed by atoms with Gasteiger partial charge in [-0.1, -0.05) is 55.5 Å². The second-order valence-electron chi connectivity index (χ2n) is 12.5. The van der Waals surface area contributed by atoms with Gasteiger partial charge in [-0.3, -0.25) is 0 Å². The van der Waals surface area contributed by atoms with Gasteiger partial charge in [-0.05, 0) is 42.2 Å². The quantitative estimate of drug-likeness (QED) is 0.163. The number of nitrogens with zero attached hydrogens (tertiary/aromatic N) is 5. The third kappa shape index (κ3) is 7.34. The zero-order chi connectivity index (χ0) is 34.7. The van der Waals surface area contributed by atoms with Gasteiger partial charge in [-0.15, -0.1) is 10.2 Å². The van der Waals surface area contributed by atoms with Crippen LogP contribution in [0.2, 0.25) is 0 Å². The molecular formula is C34H40N6O9. The fourth-order valence-corrected chi connectivity index (χ4v) is 6.15. The van der Waals surface area contributed by atoms with E-state index in [2.05, 4.69) is 20.6 Å². The molecule has 2 fully saturated rings. The number of ether oxygens (including phenoxy) is 6. The van der Waals surface area contributed by atoms with Crippen LogP contribution in [0, 0.1) is 0 Å². The number of tetrazole rings is 1. The van der Waals surface area contributed by atoms with Gasteiger partial charge < -0.3 is 38.1 Å². The summed E-state index contributed by atoms with van der Waals surface area (Å²) in [5, 5.41) is 25.5. The van der Waals surface area contributed by atoms with Crippen molar-refractivity contribution in [2.75, 3.05) is 20.3 Å². The molecule has 0 amide bonds. The summed E-state index contributed by atoms with van der Waals surface area (Å²) in [6.45, 7) is 7.22. The van der Waals surface area contributed by atoms with Gasteiger partial charge >= 0.3 is 12.1 Å².